The fourth-order valence-electron chi connectivity index (χ4n) is 2.60. The first-order chi connectivity index (χ1) is 10.4. The van der Waals surface area contributed by atoms with Gasteiger partial charge in [-0.2, -0.15) is 0 Å². The third kappa shape index (κ3) is 4.69. The van der Waals surface area contributed by atoms with Crippen molar-refractivity contribution in [2.24, 2.45) is 5.92 Å². The summed E-state index contributed by atoms with van der Waals surface area (Å²) < 4.78 is 39.6. The highest BCUT2D eigenvalue weighted by Crippen LogP contribution is 2.16. The molecule has 0 saturated carbocycles. The third-order valence-electron chi connectivity index (χ3n) is 3.66. The monoisotopic (exact) mass is 328 g/mol. The minimum absolute atomic E-state index is 0.135. The number of benzene rings is 1. The zero-order chi connectivity index (χ0) is 16.2. The number of carbonyl (C=O) groups is 1. The fourth-order valence-corrected chi connectivity index (χ4v) is 3.97. The number of halogens is 1. The summed E-state index contributed by atoms with van der Waals surface area (Å²) in [5.74, 6) is -1.58. The number of carbonyl (C=O) groups excluding carboxylic acids is 1. The maximum Gasteiger partial charge on any atom is 0.233 e. The zero-order valence-electron chi connectivity index (χ0n) is 12.6. The molecule has 1 amide bonds. The Morgan fingerprint density at radius 2 is 2.00 bits per heavy atom. The van der Waals surface area contributed by atoms with E-state index in [0.29, 0.717) is 13.1 Å². The quantitative estimate of drug-likeness (QED) is 0.901. The van der Waals surface area contributed by atoms with Crippen LogP contribution in [-0.2, 0) is 14.8 Å². The maximum atomic E-state index is 13.1. The van der Waals surface area contributed by atoms with Crippen LogP contribution in [0.4, 0.5) is 10.1 Å². The molecule has 1 aromatic carbocycles. The van der Waals surface area contributed by atoms with Crippen LogP contribution in [0.25, 0.3) is 0 Å². The van der Waals surface area contributed by atoms with Crippen LogP contribution < -0.4 is 4.72 Å². The summed E-state index contributed by atoms with van der Waals surface area (Å²) in [4.78, 5) is 14.0. The van der Waals surface area contributed by atoms with Gasteiger partial charge in [-0.15, -0.1) is 0 Å². The number of rotatable bonds is 5. The summed E-state index contributed by atoms with van der Waals surface area (Å²) in [7, 11) is -3.70. The smallest absolute Gasteiger partial charge is 0.233 e. The molecule has 7 heteroatoms. The third-order valence-corrected chi connectivity index (χ3v) is 5.14. The van der Waals surface area contributed by atoms with E-state index in [0.717, 1.165) is 25.3 Å². The first-order valence-electron chi connectivity index (χ1n) is 7.42. The van der Waals surface area contributed by atoms with Crippen molar-refractivity contribution in [2.75, 3.05) is 23.6 Å². The van der Waals surface area contributed by atoms with Gasteiger partial charge in [-0.1, -0.05) is 13.0 Å². The van der Waals surface area contributed by atoms with Gasteiger partial charge in [0.1, 0.15) is 5.82 Å². The summed E-state index contributed by atoms with van der Waals surface area (Å²) in [6, 6.07) is 5.24. The minimum atomic E-state index is -3.70. The molecule has 1 unspecified atom stereocenters. The molecular formula is C15H21FN2O3S. The number of amides is 1. The van der Waals surface area contributed by atoms with E-state index in [1.807, 2.05) is 0 Å². The number of anilines is 1. The van der Waals surface area contributed by atoms with Gasteiger partial charge in [0, 0.05) is 13.1 Å². The van der Waals surface area contributed by atoms with Gasteiger partial charge in [0.15, 0.2) is 0 Å². The summed E-state index contributed by atoms with van der Waals surface area (Å²) in [5.41, 5.74) is 0.164. The lowest BCUT2D eigenvalue weighted by Gasteiger charge is -2.29. The Morgan fingerprint density at radius 3 is 2.64 bits per heavy atom. The average Bonchev–Trinajstić information content (AvgIpc) is 2.46. The highest BCUT2D eigenvalue weighted by Gasteiger charge is 2.26. The van der Waals surface area contributed by atoms with Crippen molar-refractivity contribution in [3.8, 4) is 0 Å². The van der Waals surface area contributed by atoms with Gasteiger partial charge < -0.3 is 4.90 Å². The van der Waals surface area contributed by atoms with Gasteiger partial charge in [0.05, 0.1) is 17.4 Å². The number of piperidine rings is 1. The molecule has 1 aromatic rings. The normalized spacial score (nSPS) is 17.1. The molecule has 0 aromatic heterocycles. The van der Waals surface area contributed by atoms with Gasteiger partial charge >= 0.3 is 0 Å². The number of nitrogens with zero attached hydrogens (tertiary/aromatic N) is 1. The maximum absolute atomic E-state index is 13.1. The van der Waals surface area contributed by atoms with E-state index >= 15 is 0 Å². The molecular weight excluding hydrogens is 307 g/mol. The summed E-state index contributed by atoms with van der Waals surface area (Å²) in [6.07, 6.45) is 3.04. The van der Waals surface area contributed by atoms with Crippen molar-refractivity contribution in [2.45, 2.75) is 26.2 Å². The molecule has 0 aliphatic carbocycles. The SMILES string of the molecule is CC(CS(=O)(=O)Nc1cccc(F)c1)C(=O)N1CCCCC1. The molecule has 1 atom stereocenters. The van der Waals surface area contributed by atoms with E-state index in [2.05, 4.69) is 4.72 Å². The molecule has 0 radical (unpaired) electrons. The molecule has 1 saturated heterocycles. The molecule has 2 rings (SSSR count). The molecule has 0 bridgehead atoms. The van der Waals surface area contributed by atoms with E-state index in [4.69, 9.17) is 0 Å². The largest absolute Gasteiger partial charge is 0.342 e. The predicted octanol–water partition coefficient (Wildman–Crippen LogP) is 2.22. The second-order valence-electron chi connectivity index (χ2n) is 5.68. The van der Waals surface area contributed by atoms with Crippen LogP contribution in [0.2, 0.25) is 0 Å². The number of hydrogen-bond acceptors (Lipinski definition) is 3. The van der Waals surface area contributed by atoms with E-state index in [9.17, 15) is 17.6 Å². The Bertz CT molecular complexity index is 627. The molecule has 1 N–H and O–H groups in total. The van der Waals surface area contributed by atoms with Gasteiger partial charge in [-0.3, -0.25) is 9.52 Å². The minimum Gasteiger partial charge on any atom is -0.342 e. The topological polar surface area (TPSA) is 66.5 Å². The van der Waals surface area contributed by atoms with Crippen LogP contribution >= 0.6 is 0 Å². The van der Waals surface area contributed by atoms with Gasteiger partial charge in [0.2, 0.25) is 15.9 Å². The summed E-state index contributed by atoms with van der Waals surface area (Å²) in [5, 5.41) is 0. The van der Waals surface area contributed by atoms with Crippen LogP contribution in [-0.4, -0.2) is 38.1 Å². The zero-order valence-corrected chi connectivity index (χ0v) is 13.4. The Labute approximate surface area is 130 Å². The van der Waals surface area contributed by atoms with Crippen molar-refractivity contribution in [3.63, 3.8) is 0 Å². The second-order valence-corrected chi connectivity index (χ2v) is 7.45. The molecule has 0 spiro atoms. The van der Waals surface area contributed by atoms with Crippen LogP contribution in [0.15, 0.2) is 24.3 Å². The summed E-state index contributed by atoms with van der Waals surface area (Å²) >= 11 is 0. The van der Waals surface area contributed by atoms with Crippen molar-refractivity contribution < 1.29 is 17.6 Å². The van der Waals surface area contributed by atoms with E-state index in [1.54, 1.807) is 11.8 Å². The number of hydrogen-bond donors (Lipinski definition) is 1. The lowest BCUT2D eigenvalue weighted by Crippen LogP contribution is -2.41. The Hall–Kier alpha value is -1.63. The van der Waals surface area contributed by atoms with Crippen LogP contribution in [0, 0.1) is 11.7 Å². The van der Waals surface area contributed by atoms with E-state index in [1.165, 1.54) is 18.2 Å². The van der Waals surface area contributed by atoms with Crippen molar-refractivity contribution in [3.05, 3.63) is 30.1 Å². The van der Waals surface area contributed by atoms with Crippen molar-refractivity contribution in [1.29, 1.82) is 0 Å². The predicted molar refractivity (Wildman–Crippen MR) is 83.4 cm³/mol. The molecule has 1 heterocycles. The first-order valence-corrected chi connectivity index (χ1v) is 9.07. The van der Waals surface area contributed by atoms with Gasteiger partial charge in [-0.05, 0) is 37.5 Å². The Morgan fingerprint density at radius 1 is 1.32 bits per heavy atom. The summed E-state index contributed by atoms with van der Waals surface area (Å²) in [6.45, 7) is 3.00. The molecule has 122 valence electrons. The standard InChI is InChI=1S/C15H21FN2O3S/c1-12(15(19)18-8-3-2-4-9-18)11-22(20,21)17-14-7-5-6-13(16)10-14/h5-7,10,12,17H,2-4,8-9,11H2,1H3. The highest BCUT2D eigenvalue weighted by atomic mass is 32.2. The van der Waals surface area contributed by atoms with E-state index in [-0.39, 0.29) is 17.3 Å². The number of likely N-dealkylation sites (tertiary alicyclic amines) is 1. The molecule has 1 aliphatic rings. The number of sulfonamides is 1. The van der Waals surface area contributed by atoms with Crippen LogP contribution in [0.3, 0.4) is 0 Å². The molecule has 5 nitrogen and oxygen atoms in total. The molecule has 1 aliphatic heterocycles. The van der Waals surface area contributed by atoms with E-state index < -0.39 is 21.8 Å². The number of nitrogens with one attached hydrogen (secondary N) is 1. The fraction of sp³-hybridized carbons (Fsp3) is 0.533. The van der Waals surface area contributed by atoms with Gasteiger partial charge in [0.25, 0.3) is 0 Å². The first kappa shape index (κ1) is 16.7. The highest BCUT2D eigenvalue weighted by molar-refractivity contribution is 7.92. The van der Waals surface area contributed by atoms with Gasteiger partial charge in [-0.25, -0.2) is 12.8 Å². The second kappa shape index (κ2) is 7.09. The van der Waals surface area contributed by atoms with Crippen LogP contribution in [0.5, 0.6) is 0 Å². The van der Waals surface area contributed by atoms with Crippen molar-refractivity contribution >= 4 is 21.6 Å². The van der Waals surface area contributed by atoms with Crippen LogP contribution in [0.1, 0.15) is 26.2 Å². The molecule has 22 heavy (non-hydrogen) atoms. The Balaban J connectivity index is 1.96. The lowest BCUT2D eigenvalue weighted by atomic mass is 10.1. The Kier molecular flexibility index (Phi) is 5.39. The lowest BCUT2D eigenvalue weighted by molar-refractivity contribution is -0.135. The van der Waals surface area contributed by atoms with Crippen molar-refractivity contribution in [1.82, 2.24) is 4.90 Å². The molecule has 1 fully saturated rings. The average molecular weight is 328 g/mol.